The maximum atomic E-state index is 12.2. The summed E-state index contributed by atoms with van der Waals surface area (Å²) in [6.07, 6.45) is -3.78. The molecule has 0 atom stereocenters. The van der Waals surface area contributed by atoms with Gasteiger partial charge in [-0.3, -0.25) is 9.69 Å². The molecule has 1 heterocycles. The van der Waals surface area contributed by atoms with Crippen molar-refractivity contribution in [1.82, 2.24) is 20.0 Å². The summed E-state index contributed by atoms with van der Waals surface area (Å²) in [6, 6.07) is 6.87. The van der Waals surface area contributed by atoms with E-state index in [9.17, 15) is 18.0 Å². The number of benzene rings is 1. The number of aryl methyl sites for hydroxylation is 1. The Morgan fingerprint density at radius 3 is 2.41 bits per heavy atom. The lowest BCUT2D eigenvalue weighted by atomic mass is 10.2. The Morgan fingerprint density at radius 1 is 1.26 bits per heavy atom. The largest absolute Gasteiger partial charge is 0.401 e. The highest BCUT2D eigenvalue weighted by molar-refractivity contribution is 6.31. The van der Waals surface area contributed by atoms with Gasteiger partial charge in [0.2, 0.25) is 0 Å². The highest BCUT2D eigenvalue weighted by Crippen LogP contribution is 2.22. The van der Waals surface area contributed by atoms with Crippen molar-refractivity contribution in [2.45, 2.75) is 26.4 Å². The van der Waals surface area contributed by atoms with Crippen molar-refractivity contribution in [1.29, 1.82) is 0 Å². The van der Waals surface area contributed by atoms with Crippen LogP contribution in [0.25, 0.3) is 5.69 Å². The van der Waals surface area contributed by atoms with Crippen molar-refractivity contribution >= 4 is 17.5 Å². The first-order chi connectivity index (χ1) is 12.6. The molecule has 0 saturated carbocycles. The van der Waals surface area contributed by atoms with Gasteiger partial charge in [-0.2, -0.15) is 18.3 Å². The van der Waals surface area contributed by atoms with Gasteiger partial charge in [-0.1, -0.05) is 11.6 Å². The van der Waals surface area contributed by atoms with Gasteiger partial charge in [0.15, 0.2) is 0 Å². The van der Waals surface area contributed by atoms with Gasteiger partial charge in [-0.05, 0) is 58.1 Å². The van der Waals surface area contributed by atoms with Crippen LogP contribution >= 0.6 is 11.6 Å². The summed E-state index contributed by atoms with van der Waals surface area (Å²) in [7, 11) is 1.40. The molecular weight excluding hydrogens is 381 g/mol. The molecule has 0 aliphatic carbocycles. The van der Waals surface area contributed by atoms with Crippen LogP contribution in [-0.2, 0) is 0 Å². The number of alkyl halides is 3. The molecule has 9 heteroatoms. The van der Waals surface area contributed by atoms with E-state index in [1.54, 1.807) is 28.9 Å². The maximum Gasteiger partial charge on any atom is 0.401 e. The van der Waals surface area contributed by atoms with Crippen LogP contribution in [0.1, 0.15) is 28.2 Å². The van der Waals surface area contributed by atoms with Crippen LogP contribution in [-0.4, -0.2) is 53.4 Å². The molecule has 0 unspecified atom stereocenters. The van der Waals surface area contributed by atoms with Crippen molar-refractivity contribution < 1.29 is 18.0 Å². The minimum Gasteiger partial charge on any atom is -0.352 e. The molecule has 0 spiro atoms. The number of amides is 1. The summed E-state index contributed by atoms with van der Waals surface area (Å²) >= 11 is 6.15. The van der Waals surface area contributed by atoms with E-state index in [1.807, 2.05) is 13.8 Å². The van der Waals surface area contributed by atoms with Gasteiger partial charge in [0.25, 0.3) is 5.91 Å². The van der Waals surface area contributed by atoms with Crippen LogP contribution in [0.4, 0.5) is 13.2 Å². The molecule has 0 saturated heterocycles. The zero-order chi connectivity index (χ0) is 20.2. The summed E-state index contributed by atoms with van der Waals surface area (Å²) < 4.78 is 38.4. The van der Waals surface area contributed by atoms with Gasteiger partial charge in [-0.25, -0.2) is 4.68 Å². The first-order valence-electron chi connectivity index (χ1n) is 8.44. The molecule has 1 N–H and O–H groups in total. The number of nitrogens with zero attached hydrogens (tertiary/aromatic N) is 3. The molecule has 148 valence electrons. The molecule has 1 amide bonds. The second-order valence-electron chi connectivity index (χ2n) is 6.41. The molecule has 1 aromatic carbocycles. The Morgan fingerprint density at radius 2 is 1.89 bits per heavy atom. The third-order valence-corrected chi connectivity index (χ3v) is 4.58. The lowest BCUT2D eigenvalue weighted by molar-refractivity contribution is -0.143. The molecule has 0 fully saturated rings. The topological polar surface area (TPSA) is 50.2 Å². The molecule has 0 radical (unpaired) electrons. The first kappa shape index (κ1) is 21.2. The standard InChI is InChI=1S/C18H22ClF3N4O/c1-12-16(19)13(2)26(24-12)15-7-5-14(6-8-15)17(27)23-9-4-10-25(3)11-18(20,21)22/h5-8H,4,9-11H2,1-3H3,(H,23,27). The van der Waals surface area contributed by atoms with E-state index in [4.69, 9.17) is 11.6 Å². The predicted molar refractivity (Wildman–Crippen MR) is 98.6 cm³/mol. The van der Waals surface area contributed by atoms with Crippen molar-refractivity contribution in [2.24, 2.45) is 0 Å². The quantitative estimate of drug-likeness (QED) is 0.717. The third-order valence-electron chi connectivity index (χ3n) is 4.03. The van der Waals surface area contributed by atoms with Gasteiger partial charge < -0.3 is 5.32 Å². The number of halogens is 4. The molecule has 2 aromatic rings. The Labute approximate surface area is 161 Å². The van der Waals surface area contributed by atoms with Crippen LogP contribution in [0.2, 0.25) is 5.02 Å². The third kappa shape index (κ3) is 5.97. The van der Waals surface area contributed by atoms with Crippen molar-refractivity contribution in [2.75, 3.05) is 26.7 Å². The van der Waals surface area contributed by atoms with E-state index >= 15 is 0 Å². The summed E-state index contributed by atoms with van der Waals surface area (Å²) in [6.45, 7) is 3.27. The highest BCUT2D eigenvalue weighted by Gasteiger charge is 2.28. The fourth-order valence-electron chi connectivity index (χ4n) is 2.67. The molecule has 1 aromatic heterocycles. The normalized spacial score (nSPS) is 11.9. The number of nitrogens with one attached hydrogen (secondary N) is 1. The first-order valence-corrected chi connectivity index (χ1v) is 8.82. The lowest BCUT2D eigenvalue weighted by Gasteiger charge is -2.18. The number of hydrogen-bond acceptors (Lipinski definition) is 3. The summed E-state index contributed by atoms with van der Waals surface area (Å²) in [5, 5.41) is 7.67. The predicted octanol–water partition coefficient (Wildman–Crippen LogP) is 3.76. The maximum absolute atomic E-state index is 12.2. The van der Waals surface area contributed by atoms with E-state index in [0.29, 0.717) is 23.6 Å². The number of carbonyl (C=O) groups excluding carboxylic acids is 1. The van der Waals surface area contributed by atoms with Crippen molar-refractivity contribution in [3.05, 3.63) is 46.2 Å². The van der Waals surface area contributed by atoms with Crippen LogP contribution in [0.3, 0.4) is 0 Å². The van der Waals surface area contributed by atoms with Crippen LogP contribution in [0.5, 0.6) is 0 Å². The van der Waals surface area contributed by atoms with E-state index in [-0.39, 0.29) is 12.5 Å². The fourth-order valence-corrected chi connectivity index (χ4v) is 2.78. The SMILES string of the molecule is Cc1nn(-c2ccc(C(=O)NCCCN(C)CC(F)(F)F)cc2)c(C)c1Cl. The van der Waals surface area contributed by atoms with Crippen molar-refractivity contribution in [3.8, 4) is 5.69 Å². The zero-order valence-electron chi connectivity index (χ0n) is 15.4. The summed E-state index contributed by atoms with van der Waals surface area (Å²) in [5.74, 6) is -0.272. The second kappa shape index (κ2) is 8.75. The van der Waals surface area contributed by atoms with E-state index in [1.165, 1.54) is 11.9 Å². The lowest BCUT2D eigenvalue weighted by Crippen LogP contribution is -2.33. The number of aromatic nitrogens is 2. The second-order valence-corrected chi connectivity index (χ2v) is 6.78. The molecule has 5 nitrogen and oxygen atoms in total. The summed E-state index contributed by atoms with van der Waals surface area (Å²) in [4.78, 5) is 13.3. The van der Waals surface area contributed by atoms with Gasteiger partial charge in [-0.15, -0.1) is 0 Å². The zero-order valence-corrected chi connectivity index (χ0v) is 16.2. The monoisotopic (exact) mass is 402 g/mol. The van der Waals surface area contributed by atoms with Gasteiger partial charge >= 0.3 is 6.18 Å². The number of rotatable bonds is 7. The summed E-state index contributed by atoms with van der Waals surface area (Å²) in [5.41, 5.74) is 2.80. The van der Waals surface area contributed by atoms with E-state index < -0.39 is 12.7 Å². The average Bonchev–Trinajstić information content (AvgIpc) is 2.84. The van der Waals surface area contributed by atoms with Crippen molar-refractivity contribution in [3.63, 3.8) is 0 Å². The molecule has 0 aliphatic rings. The van der Waals surface area contributed by atoms with Crippen LogP contribution in [0, 0.1) is 13.8 Å². The number of carbonyl (C=O) groups is 1. The van der Waals surface area contributed by atoms with E-state index in [0.717, 1.165) is 17.1 Å². The molecule has 27 heavy (non-hydrogen) atoms. The minimum atomic E-state index is -4.21. The molecule has 0 bridgehead atoms. The van der Waals surface area contributed by atoms with Gasteiger partial charge in [0, 0.05) is 12.1 Å². The smallest absolute Gasteiger partial charge is 0.352 e. The molecular formula is C18H22ClF3N4O. The van der Waals surface area contributed by atoms with E-state index in [2.05, 4.69) is 10.4 Å². The number of hydrogen-bond donors (Lipinski definition) is 1. The fraction of sp³-hybridized carbons (Fsp3) is 0.444. The molecule has 0 aliphatic heterocycles. The van der Waals surface area contributed by atoms with Crippen LogP contribution < -0.4 is 5.32 Å². The van der Waals surface area contributed by atoms with Crippen LogP contribution in [0.15, 0.2) is 24.3 Å². The highest BCUT2D eigenvalue weighted by atomic mass is 35.5. The minimum absolute atomic E-state index is 0.247. The average molecular weight is 403 g/mol. The Bertz CT molecular complexity index is 787. The Balaban J connectivity index is 1.86. The van der Waals surface area contributed by atoms with Gasteiger partial charge in [0.05, 0.1) is 28.6 Å². The van der Waals surface area contributed by atoms with Gasteiger partial charge in [0.1, 0.15) is 0 Å². The molecule has 2 rings (SSSR count). The Hall–Kier alpha value is -2.06. The Kier molecular flexibility index (Phi) is 6.89.